The highest BCUT2D eigenvalue weighted by Crippen LogP contribution is 2.36. The van der Waals surface area contributed by atoms with E-state index in [4.69, 9.17) is 5.73 Å². The fourth-order valence-corrected chi connectivity index (χ4v) is 4.31. The van der Waals surface area contributed by atoms with Gasteiger partial charge in [0.05, 0.1) is 5.25 Å². The Morgan fingerprint density at radius 1 is 1.35 bits per heavy atom. The van der Waals surface area contributed by atoms with Crippen molar-refractivity contribution in [2.75, 3.05) is 6.26 Å². The smallest absolute Gasteiger partial charge is 0.150 e. The molecule has 1 saturated carbocycles. The molecule has 2 N–H and O–H groups in total. The average Bonchev–Trinajstić information content (AvgIpc) is 2.40. The maximum absolute atomic E-state index is 13.4. The lowest BCUT2D eigenvalue weighted by Gasteiger charge is -2.32. The predicted molar refractivity (Wildman–Crippen MR) is 78.7 cm³/mol. The first-order valence-electron chi connectivity index (χ1n) is 6.99. The number of hydrogen-bond acceptors (Lipinski definition) is 3. The van der Waals surface area contributed by atoms with E-state index in [1.807, 2.05) is 6.92 Å². The third-order valence-electron chi connectivity index (χ3n) is 4.38. The van der Waals surface area contributed by atoms with Crippen molar-refractivity contribution < 1.29 is 12.8 Å². The lowest BCUT2D eigenvalue weighted by atomic mass is 9.80. The maximum Gasteiger partial charge on any atom is 0.150 e. The van der Waals surface area contributed by atoms with E-state index in [-0.39, 0.29) is 23.0 Å². The Hall–Kier alpha value is -0.940. The van der Waals surface area contributed by atoms with Crippen LogP contribution in [0.5, 0.6) is 0 Å². The molecule has 0 bridgehead atoms. The van der Waals surface area contributed by atoms with Crippen LogP contribution in [0.25, 0.3) is 0 Å². The summed E-state index contributed by atoms with van der Waals surface area (Å²) in [6.07, 6.45) is 4.35. The van der Waals surface area contributed by atoms with Crippen LogP contribution < -0.4 is 5.73 Å². The van der Waals surface area contributed by atoms with E-state index in [1.54, 1.807) is 6.07 Å². The highest BCUT2D eigenvalue weighted by atomic mass is 32.2. The second kappa shape index (κ2) is 5.82. The summed E-state index contributed by atoms with van der Waals surface area (Å²) in [5, 5.41) is -0.304. The molecule has 0 aromatic heterocycles. The molecular formula is C15H22FNO2S. The highest BCUT2D eigenvalue weighted by Gasteiger charge is 2.32. The Labute approximate surface area is 120 Å². The number of hydrogen-bond donors (Lipinski definition) is 1. The molecule has 3 atom stereocenters. The molecule has 5 heteroatoms. The van der Waals surface area contributed by atoms with Gasteiger partial charge in [-0.2, -0.15) is 0 Å². The van der Waals surface area contributed by atoms with Crippen LogP contribution >= 0.6 is 0 Å². The van der Waals surface area contributed by atoms with Crippen molar-refractivity contribution in [1.29, 1.82) is 0 Å². The largest absolute Gasteiger partial charge is 0.324 e. The number of rotatable bonds is 3. The second-order valence-corrected chi connectivity index (χ2v) is 8.23. The monoisotopic (exact) mass is 299 g/mol. The van der Waals surface area contributed by atoms with Crippen molar-refractivity contribution >= 4 is 9.84 Å². The zero-order valence-electron chi connectivity index (χ0n) is 12.0. The Balaban J connectivity index is 2.20. The van der Waals surface area contributed by atoms with Crippen molar-refractivity contribution in [3.63, 3.8) is 0 Å². The summed E-state index contributed by atoms with van der Waals surface area (Å²) in [6.45, 7) is 1.91. The number of sulfone groups is 1. The Kier molecular flexibility index (Phi) is 4.49. The van der Waals surface area contributed by atoms with Crippen LogP contribution in [-0.4, -0.2) is 19.9 Å². The van der Waals surface area contributed by atoms with Gasteiger partial charge in [0.2, 0.25) is 0 Å². The van der Waals surface area contributed by atoms with Gasteiger partial charge in [0.1, 0.15) is 15.7 Å². The minimum atomic E-state index is -3.02. The third-order valence-corrected chi connectivity index (χ3v) is 6.02. The third kappa shape index (κ3) is 3.38. The van der Waals surface area contributed by atoms with Crippen LogP contribution in [0.1, 0.15) is 42.9 Å². The summed E-state index contributed by atoms with van der Waals surface area (Å²) in [4.78, 5) is 0. The van der Waals surface area contributed by atoms with Crippen LogP contribution in [0, 0.1) is 18.7 Å². The number of nitrogens with two attached hydrogens (primary N) is 1. The minimum absolute atomic E-state index is 0.101. The first-order valence-corrected chi connectivity index (χ1v) is 8.95. The van der Waals surface area contributed by atoms with E-state index in [2.05, 4.69) is 0 Å². The molecule has 0 radical (unpaired) electrons. The van der Waals surface area contributed by atoms with E-state index in [0.717, 1.165) is 24.0 Å². The van der Waals surface area contributed by atoms with Crippen LogP contribution in [-0.2, 0) is 9.84 Å². The summed E-state index contributed by atoms with van der Waals surface area (Å²) in [6, 6.07) is 4.33. The standard InChI is InChI=1S/C15H22FNO2S/c1-10-6-7-12(16)9-14(10)15(17)11-4-3-5-13(8-11)20(2,18)19/h6-7,9,11,13,15H,3-5,8,17H2,1-2H3. The number of benzene rings is 1. The van der Waals surface area contributed by atoms with Gasteiger partial charge in [0.25, 0.3) is 0 Å². The normalized spacial score (nSPS) is 25.4. The van der Waals surface area contributed by atoms with Gasteiger partial charge in [0, 0.05) is 12.3 Å². The van der Waals surface area contributed by atoms with Gasteiger partial charge in [-0.25, -0.2) is 12.8 Å². The van der Waals surface area contributed by atoms with Crippen LogP contribution in [0.15, 0.2) is 18.2 Å². The summed E-state index contributed by atoms with van der Waals surface area (Å²) in [7, 11) is -3.02. The molecule has 1 aromatic rings. The van der Waals surface area contributed by atoms with Crippen molar-refractivity contribution in [1.82, 2.24) is 0 Å². The molecule has 20 heavy (non-hydrogen) atoms. The zero-order valence-corrected chi connectivity index (χ0v) is 12.8. The lowest BCUT2D eigenvalue weighted by molar-refractivity contribution is 0.308. The van der Waals surface area contributed by atoms with Crippen molar-refractivity contribution in [3.05, 3.63) is 35.1 Å². The van der Waals surface area contributed by atoms with Crippen molar-refractivity contribution in [2.24, 2.45) is 11.7 Å². The molecule has 112 valence electrons. The van der Waals surface area contributed by atoms with Gasteiger partial charge in [-0.1, -0.05) is 12.5 Å². The molecule has 1 aliphatic rings. The van der Waals surface area contributed by atoms with Gasteiger partial charge >= 0.3 is 0 Å². The minimum Gasteiger partial charge on any atom is -0.324 e. The molecule has 3 nitrogen and oxygen atoms in total. The average molecular weight is 299 g/mol. The van der Waals surface area contributed by atoms with Crippen molar-refractivity contribution in [3.8, 4) is 0 Å². The molecular weight excluding hydrogens is 277 g/mol. The maximum atomic E-state index is 13.4. The van der Waals surface area contributed by atoms with E-state index in [0.29, 0.717) is 12.8 Å². The van der Waals surface area contributed by atoms with E-state index >= 15 is 0 Å². The van der Waals surface area contributed by atoms with E-state index in [9.17, 15) is 12.8 Å². The summed E-state index contributed by atoms with van der Waals surface area (Å²) >= 11 is 0. The Bertz CT molecular complexity index is 586. The summed E-state index contributed by atoms with van der Waals surface area (Å²) in [5.74, 6) is -0.194. The predicted octanol–water partition coefficient (Wildman–Crippen LogP) is 2.74. The van der Waals surface area contributed by atoms with Gasteiger partial charge < -0.3 is 5.73 Å². The quantitative estimate of drug-likeness (QED) is 0.933. The fourth-order valence-electron chi connectivity index (χ4n) is 3.12. The zero-order chi connectivity index (χ0) is 14.9. The van der Waals surface area contributed by atoms with Crippen LogP contribution in [0.2, 0.25) is 0 Å². The number of aryl methyl sites for hydroxylation is 1. The molecule has 2 rings (SSSR count). The molecule has 1 aliphatic carbocycles. The summed E-state index contributed by atoms with van der Waals surface area (Å²) in [5.41, 5.74) is 8.04. The molecule has 1 fully saturated rings. The molecule has 0 saturated heterocycles. The first-order chi connectivity index (χ1) is 9.29. The second-order valence-electron chi connectivity index (χ2n) is 5.90. The van der Waals surface area contributed by atoms with Gasteiger partial charge in [0.15, 0.2) is 0 Å². The first kappa shape index (κ1) is 15.4. The van der Waals surface area contributed by atoms with Gasteiger partial charge in [-0.15, -0.1) is 0 Å². The molecule has 0 amide bonds. The lowest BCUT2D eigenvalue weighted by Crippen LogP contribution is -2.33. The molecule has 0 aliphatic heterocycles. The van der Waals surface area contributed by atoms with E-state index < -0.39 is 9.84 Å². The summed E-state index contributed by atoms with van der Waals surface area (Å²) < 4.78 is 36.8. The van der Waals surface area contributed by atoms with Crippen LogP contribution in [0.4, 0.5) is 4.39 Å². The van der Waals surface area contributed by atoms with Crippen LogP contribution in [0.3, 0.4) is 0 Å². The highest BCUT2D eigenvalue weighted by molar-refractivity contribution is 7.91. The number of halogens is 1. The SMILES string of the molecule is Cc1ccc(F)cc1C(N)C1CCCC(S(C)(=O)=O)C1. The fraction of sp³-hybridized carbons (Fsp3) is 0.600. The van der Waals surface area contributed by atoms with Gasteiger partial charge in [-0.3, -0.25) is 0 Å². The van der Waals surface area contributed by atoms with Crippen molar-refractivity contribution in [2.45, 2.75) is 43.9 Å². The van der Waals surface area contributed by atoms with Gasteiger partial charge in [-0.05, 0) is 55.4 Å². The van der Waals surface area contributed by atoms with E-state index in [1.165, 1.54) is 18.4 Å². The molecule has 0 heterocycles. The Morgan fingerprint density at radius 2 is 2.05 bits per heavy atom. The molecule has 1 aromatic carbocycles. The molecule has 0 spiro atoms. The topological polar surface area (TPSA) is 60.2 Å². The molecule has 3 unspecified atom stereocenters. The Morgan fingerprint density at radius 3 is 2.70 bits per heavy atom.